The molecule has 0 nitrogen and oxygen atoms in total. The first-order chi connectivity index (χ1) is 8.75. The van der Waals surface area contributed by atoms with Gasteiger partial charge in [0.25, 0.3) is 0 Å². The maximum Gasteiger partial charge on any atom is 0 e. The fourth-order valence-corrected chi connectivity index (χ4v) is 1.34. The van der Waals surface area contributed by atoms with Crippen LogP contribution in [0.1, 0.15) is 38.8 Å². The van der Waals surface area contributed by atoms with Crippen molar-refractivity contribution in [1.82, 2.24) is 0 Å². The molecule has 0 saturated heterocycles. The number of hydrogen-bond acceptors (Lipinski definition) is 0. The van der Waals surface area contributed by atoms with Gasteiger partial charge in [-0.3, -0.25) is 0 Å². The van der Waals surface area contributed by atoms with Gasteiger partial charge in [-0.2, -0.15) is 48.5 Å². The van der Waals surface area contributed by atoms with Crippen LogP contribution in [0.15, 0.2) is 36.4 Å². The van der Waals surface area contributed by atoms with Gasteiger partial charge in [-0.25, -0.2) is 11.1 Å². The SMILES string of the molecule is CC.CC.Cc1c[c-]c(-c2[c-]cc(C)cc2)cc1.[Y]. The van der Waals surface area contributed by atoms with Crippen LogP contribution in [0.2, 0.25) is 0 Å². The normalized spacial score (nSPS) is 8.11. The van der Waals surface area contributed by atoms with Crippen molar-refractivity contribution in [2.75, 3.05) is 0 Å². The molecule has 19 heavy (non-hydrogen) atoms. The molecule has 0 aliphatic heterocycles. The fourth-order valence-electron chi connectivity index (χ4n) is 1.34. The Hall–Kier alpha value is -0.456. The van der Waals surface area contributed by atoms with Crippen molar-refractivity contribution in [3.05, 3.63) is 59.7 Å². The van der Waals surface area contributed by atoms with Crippen LogP contribution in [0, 0.1) is 26.0 Å². The Bertz CT molecular complexity index is 369. The minimum atomic E-state index is 0. The van der Waals surface area contributed by atoms with Crippen LogP contribution in [-0.4, -0.2) is 0 Å². The van der Waals surface area contributed by atoms with Crippen molar-refractivity contribution in [2.45, 2.75) is 41.5 Å². The smallest absolute Gasteiger partial charge is 0 e. The van der Waals surface area contributed by atoms with Gasteiger partial charge in [0.2, 0.25) is 0 Å². The van der Waals surface area contributed by atoms with Gasteiger partial charge >= 0.3 is 0 Å². The zero-order valence-electron chi connectivity index (χ0n) is 13.0. The average Bonchev–Trinajstić information content (AvgIpc) is 2.45. The summed E-state index contributed by atoms with van der Waals surface area (Å²) in [7, 11) is 0. The van der Waals surface area contributed by atoms with E-state index in [0.717, 1.165) is 11.1 Å². The topological polar surface area (TPSA) is 0 Å². The van der Waals surface area contributed by atoms with Crippen molar-refractivity contribution < 1.29 is 32.7 Å². The minimum absolute atomic E-state index is 0. The molecule has 2 aromatic rings. The van der Waals surface area contributed by atoms with Gasteiger partial charge in [0.05, 0.1) is 0 Å². The van der Waals surface area contributed by atoms with Crippen LogP contribution < -0.4 is 0 Å². The van der Waals surface area contributed by atoms with Crippen molar-refractivity contribution in [3.8, 4) is 11.1 Å². The molecule has 0 N–H and O–H groups in total. The number of rotatable bonds is 1. The van der Waals surface area contributed by atoms with E-state index in [9.17, 15) is 0 Å². The zero-order chi connectivity index (χ0) is 14.0. The first kappa shape index (κ1) is 20.9. The Morgan fingerprint density at radius 2 is 0.947 bits per heavy atom. The summed E-state index contributed by atoms with van der Waals surface area (Å²) in [5.41, 5.74) is 4.69. The molecule has 0 saturated carbocycles. The largest absolute Gasteiger partial charge is 0.226 e. The van der Waals surface area contributed by atoms with E-state index in [1.54, 1.807) is 0 Å². The minimum Gasteiger partial charge on any atom is -0.226 e. The van der Waals surface area contributed by atoms with E-state index in [1.165, 1.54) is 11.1 Å². The average molecular weight is 329 g/mol. The first-order valence-electron chi connectivity index (χ1n) is 6.73. The van der Waals surface area contributed by atoms with E-state index in [0.29, 0.717) is 0 Å². The summed E-state index contributed by atoms with van der Waals surface area (Å²) in [5.74, 6) is 0. The molecule has 0 spiro atoms. The second-order valence-corrected chi connectivity index (χ2v) is 3.56. The Morgan fingerprint density at radius 3 is 1.16 bits per heavy atom. The van der Waals surface area contributed by atoms with Gasteiger partial charge in [-0.05, 0) is 0 Å². The summed E-state index contributed by atoms with van der Waals surface area (Å²) in [6.45, 7) is 12.1. The van der Waals surface area contributed by atoms with Crippen LogP contribution in [0.5, 0.6) is 0 Å². The second-order valence-electron chi connectivity index (χ2n) is 3.56. The number of benzene rings is 2. The molecule has 2 aromatic carbocycles. The molecule has 0 heterocycles. The van der Waals surface area contributed by atoms with Gasteiger partial charge in [-0.15, -0.1) is 11.1 Å². The van der Waals surface area contributed by atoms with E-state index in [1.807, 2.05) is 39.8 Å². The molecule has 0 bridgehead atoms. The molecule has 0 aliphatic carbocycles. The van der Waals surface area contributed by atoms with Gasteiger partial charge in [0, 0.05) is 32.7 Å². The summed E-state index contributed by atoms with van der Waals surface area (Å²) < 4.78 is 0. The zero-order valence-corrected chi connectivity index (χ0v) is 15.9. The van der Waals surface area contributed by atoms with Crippen molar-refractivity contribution >= 4 is 0 Å². The van der Waals surface area contributed by atoms with Gasteiger partial charge in [0.1, 0.15) is 0 Å². The van der Waals surface area contributed by atoms with Crippen molar-refractivity contribution in [3.63, 3.8) is 0 Å². The third-order valence-corrected chi connectivity index (χ3v) is 2.23. The van der Waals surface area contributed by atoms with Crippen LogP contribution in [0.4, 0.5) is 0 Å². The molecule has 1 heteroatoms. The Labute approximate surface area is 144 Å². The molecule has 0 aliphatic rings. The summed E-state index contributed by atoms with van der Waals surface area (Å²) in [5, 5.41) is 0. The maximum atomic E-state index is 3.24. The van der Waals surface area contributed by atoms with E-state index >= 15 is 0 Å². The van der Waals surface area contributed by atoms with Crippen molar-refractivity contribution in [1.29, 1.82) is 0 Å². The van der Waals surface area contributed by atoms with E-state index in [2.05, 4.69) is 50.2 Å². The number of hydrogen-bond donors (Lipinski definition) is 0. The van der Waals surface area contributed by atoms with Crippen LogP contribution in [-0.2, 0) is 32.7 Å². The third kappa shape index (κ3) is 7.65. The molecule has 1 radical (unpaired) electrons. The molecule has 0 fully saturated rings. The van der Waals surface area contributed by atoms with Gasteiger partial charge in [0.15, 0.2) is 0 Å². The fraction of sp³-hybridized carbons (Fsp3) is 0.333. The van der Waals surface area contributed by atoms with Crippen LogP contribution in [0.3, 0.4) is 0 Å². The van der Waals surface area contributed by atoms with Crippen LogP contribution in [0.25, 0.3) is 11.1 Å². The third-order valence-electron chi connectivity index (χ3n) is 2.23. The standard InChI is InChI=1S/C14H12.2C2H6.Y/c1-11-3-7-13(8-4-11)14-9-5-12(2)6-10-14;2*1-2;/h3-7,9H,1-2H3;2*1-2H3;/q-2;;;. The van der Waals surface area contributed by atoms with E-state index in [4.69, 9.17) is 0 Å². The monoisotopic (exact) mass is 329 g/mol. The molecular weight excluding hydrogens is 305 g/mol. The van der Waals surface area contributed by atoms with Gasteiger partial charge < -0.3 is 0 Å². The molecule has 0 unspecified atom stereocenters. The maximum absolute atomic E-state index is 3.24. The second kappa shape index (κ2) is 12.6. The molecule has 2 rings (SSSR count). The Morgan fingerprint density at radius 1 is 0.632 bits per heavy atom. The summed E-state index contributed by atoms with van der Waals surface area (Å²) in [6, 6.07) is 18.8. The summed E-state index contributed by atoms with van der Waals surface area (Å²) in [4.78, 5) is 0. The van der Waals surface area contributed by atoms with Crippen LogP contribution >= 0.6 is 0 Å². The summed E-state index contributed by atoms with van der Waals surface area (Å²) >= 11 is 0. The molecule has 101 valence electrons. The number of aryl methyl sites for hydroxylation is 2. The predicted octanol–water partition coefficient (Wildman–Crippen LogP) is 5.62. The molecule has 0 aromatic heterocycles. The van der Waals surface area contributed by atoms with E-state index < -0.39 is 0 Å². The quantitative estimate of drug-likeness (QED) is 0.596. The summed E-state index contributed by atoms with van der Waals surface area (Å²) in [6.07, 6.45) is 0. The molecule has 0 amide bonds. The van der Waals surface area contributed by atoms with E-state index in [-0.39, 0.29) is 32.7 Å². The van der Waals surface area contributed by atoms with Gasteiger partial charge in [-0.1, -0.05) is 41.5 Å². The molecule has 0 atom stereocenters. The first-order valence-corrected chi connectivity index (χ1v) is 6.73. The molecular formula is C18H24Y-2. The van der Waals surface area contributed by atoms with Crippen molar-refractivity contribution in [2.24, 2.45) is 0 Å². The Kier molecular flexibility index (Phi) is 13.8. The Balaban J connectivity index is 0. The predicted molar refractivity (Wildman–Crippen MR) is 81.7 cm³/mol.